The summed E-state index contributed by atoms with van der Waals surface area (Å²) in [5.41, 5.74) is 1.50. The lowest BCUT2D eigenvalue weighted by molar-refractivity contribution is -0.116. The fourth-order valence-corrected chi connectivity index (χ4v) is 3.25. The maximum atomic E-state index is 12.3. The normalized spacial score (nSPS) is 11.3. The lowest BCUT2D eigenvalue weighted by Crippen LogP contribution is -2.38. The highest BCUT2D eigenvalue weighted by molar-refractivity contribution is 7.88. The molecule has 0 aliphatic heterocycles. The van der Waals surface area contributed by atoms with Crippen LogP contribution in [0.25, 0.3) is 0 Å². The van der Waals surface area contributed by atoms with Crippen molar-refractivity contribution in [2.45, 2.75) is 6.42 Å². The Bertz CT molecular complexity index is 866. The van der Waals surface area contributed by atoms with Gasteiger partial charge in [-0.05, 0) is 48.4 Å². The molecule has 2 rings (SSSR count). The molecule has 2 aromatic carbocycles. The van der Waals surface area contributed by atoms with Gasteiger partial charge in [-0.1, -0.05) is 12.1 Å². The van der Waals surface area contributed by atoms with Gasteiger partial charge < -0.3 is 14.8 Å². The van der Waals surface area contributed by atoms with Crippen LogP contribution in [0.4, 0.5) is 5.69 Å². The van der Waals surface area contributed by atoms with Crippen LogP contribution in [0.2, 0.25) is 0 Å². The van der Waals surface area contributed by atoms with Crippen molar-refractivity contribution < 1.29 is 22.7 Å². The molecule has 0 unspecified atom stereocenters. The third-order valence-electron chi connectivity index (χ3n) is 3.95. The summed E-state index contributed by atoms with van der Waals surface area (Å²) in [6.07, 6.45) is 1.57. The molecule has 0 radical (unpaired) electrons. The zero-order valence-corrected chi connectivity index (χ0v) is 16.5. The predicted octanol–water partition coefficient (Wildman–Crippen LogP) is 2.15. The van der Waals surface area contributed by atoms with Crippen molar-refractivity contribution in [1.82, 2.24) is 4.31 Å². The van der Waals surface area contributed by atoms with E-state index in [0.717, 1.165) is 16.1 Å². The number of benzene rings is 2. The molecule has 0 aliphatic carbocycles. The molecule has 0 bridgehead atoms. The number of amides is 1. The first-order valence-electron chi connectivity index (χ1n) is 8.34. The van der Waals surface area contributed by atoms with E-state index in [4.69, 9.17) is 9.47 Å². The number of hydrogen-bond acceptors (Lipinski definition) is 5. The van der Waals surface area contributed by atoms with Crippen molar-refractivity contribution in [3.05, 3.63) is 54.1 Å². The smallest absolute Gasteiger partial charge is 0.239 e. The lowest BCUT2D eigenvalue weighted by atomic mass is 10.1. The van der Waals surface area contributed by atoms with Gasteiger partial charge in [-0.2, -0.15) is 4.31 Å². The minimum absolute atomic E-state index is 0.196. The minimum atomic E-state index is -3.53. The molecule has 0 fully saturated rings. The second-order valence-corrected chi connectivity index (χ2v) is 7.96. The number of ether oxygens (including phenoxy) is 2. The fourth-order valence-electron chi connectivity index (χ4n) is 2.48. The summed E-state index contributed by atoms with van der Waals surface area (Å²) in [7, 11) is -0.397. The Morgan fingerprint density at radius 2 is 1.70 bits per heavy atom. The number of carbonyl (C=O) groups excluding carboxylic acids is 1. The van der Waals surface area contributed by atoms with Gasteiger partial charge in [-0.3, -0.25) is 4.79 Å². The van der Waals surface area contributed by atoms with E-state index in [1.54, 1.807) is 38.5 Å². The predicted molar refractivity (Wildman–Crippen MR) is 105 cm³/mol. The van der Waals surface area contributed by atoms with Gasteiger partial charge in [0.15, 0.2) is 0 Å². The standard InChI is InChI=1S/C19H24N2O5S/c1-25-17-9-7-16(8-10-17)20-19(22)14-21(27(3,23)24)12-11-15-5-4-6-18(13-15)26-2/h4-10,13H,11-12,14H2,1-3H3,(H,20,22). The van der Waals surface area contributed by atoms with E-state index in [2.05, 4.69) is 5.32 Å². The molecule has 1 N–H and O–H groups in total. The van der Waals surface area contributed by atoms with Gasteiger partial charge >= 0.3 is 0 Å². The molecule has 27 heavy (non-hydrogen) atoms. The molecule has 0 saturated heterocycles. The Kier molecular flexibility index (Phi) is 7.20. The van der Waals surface area contributed by atoms with Crippen LogP contribution < -0.4 is 14.8 Å². The summed E-state index contributed by atoms with van der Waals surface area (Å²) < 4.78 is 35.5. The van der Waals surface area contributed by atoms with Crippen molar-refractivity contribution in [3.8, 4) is 11.5 Å². The maximum absolute atomic E-state index is 12.3. The van der Waals surface area contributed by atoms with Crippen LogP contribution in [0.1, 0.15) is 5.56 Å². The third-order valence-corrected chi connectivity index (χ3v) is 5.20. The highest BCUT2D eigenvalue weighted by Crippen LogP contribution is 2.16. The summed E-state index contributed by atoms with van der Waals surface area (Å²) in [4.78, 5) is 12.3. The average Bonchev–Trinajstić information content (AvgIpc) is 2.65. The van der Waals surface area contributed by atoms with Crippen molar-refractivity contribution in [1.29, 1.82) is 0 Å². The summed E-state index contributed by atoms with van der Waals surface area (Å²) in [5, 5.41) is 2.69. The van der Waals surface area contributed by atoms with Gasteiger partial charge in [0, 0.05) is 12.2 Å². The molecule has 0 saturated carbocycles. The molecular weight excluding hydrogens is 368 g/mol. The van der Waals surface area contributed by atoms with Crippen molar-refractivity contribution in [2.24, 2.45) is 0 Å². The highest BCUT2D eigenvalue weighted by atomic mass is 32.2. The number of hydrogen-bond donors (Lipinski definition) is 1. The van der Waals surface area contributed by atoms with Crippen LogP contribution in [-0.2, 0) is 21.2 Å². The van der Waals surface area contributed by atoms with Crippen molar-refractivity contribution >= 4 is 21.6 Å². The number of rotatable bonds is 9. The van der Waals surface area contributed by atoms with E-state index in [1.807, 2.05) is 24.3 Å². The van der Waals surface area contributed by atoms with Gasteiger partial charge in [-0.25, -0.2) is 8.42 Å². The Morgan fingerprint density at radius 3 is 2.30 bits per heavy atom. The second kappa shape index (κ2) is 9.38. The van der Waals surface area contributed by atoms with Crippen LogP contribution in [0.5, 0.6) is 11.5 Å². The average molecular weight is 392 g/mol. The van der Waals surface area contributed by atoms with E-state index < -0.39 is 15.9 Å². The summed E-state index contributed by atoms with van der Waals surface area (Å²) in [6, 6.07) is 14.2. The molecule has 0 spiro atoms. The summed E-state index contributed by atoms with van der Waals surface area (Å²) >= 11 is 0. The Hall–Kier alpha value is -2.58. The van der Waals surface area contributed by atoms with E-state index in [1.165, 1.54) is 0 Å². The molecule has 0 heterocycles. The third kappa shape index (κ3) is 6.58. The van der Waals surface area contributed by atoms with Crippen LogP contribution in [0.15, 0.2) is 48.5 Å². The largest absolute Gasteiger partial charge is 0.497 e. The van der Waals surface area contributed by atoms with E-state index in [0.29, 0.717) is 23.6 Å². The number of nitrogens with one attached hydrogen (secondary N) is 1. The molecule has 8 heteroatoms. The molecule has 7 nitrogen and oxygen atoms in total. The SMILES string of the molecule is COc1ccc(NC(=O)CN(CCc2cccc(OC)c2)S(C)(=O)=O)cc1. The zero-order valence-electron chi connectivity index (χ0n) is 15.6. The molecule has 1 amide bonds. The molecule has 146 valence electrons. The molecule has 2 aromatic rings. The topological polar surface area (TPSA) is 84.9 Å². The number of anilines is 1. The monoisotopic (exact) mass is 392 g/mol. The molecular formula is C19H24N2O5S. The lowest BCUT2D eigenvalue weighted by Gasteiger charge is -2.19. The molecule has 0 aliphatic rings. The van der Waals surface area contributed by atoms with Gasteiger partial charge in [0.2, 0.25) is 15.9 Å². The number of methoxy groups -OCH3 is 2. The summed E-state index contributed by atoms with van der Waals surface area (Å²) in [5.74, 6) is 0.968. The van der Waals surface area contributed by atoms with Crippen LogP contribution in [0, 0.1) is 0 Å². The first-order valence-corrected chi connectivity index (χ1v) is 10.2. The molecule has 0 aromatic heterocycles. The van der Waals surface area contributed by atoms with Crippen molar-refractivity contribution in [3.63, 3.8) is 0 Å². The first kappa shape index (κ1) is 20.7. The summed E-state index contributed by atoms with van der Waals surface area (Å²) in [6.45, 7) is -0.0587. The van der Waals surface area contributed by atoms with Gasteiger partial charge in [-0.15, -0.1) is 0 Å². The number of sulfonamides is 1. The molecule has 0 atom stereocenters. The quantitative estimate of drug-likeness (QED) is 0.707. The maximum Gasteiger partial charge on any atom is 0.239 e. The van der Waals surface area contributed by atoms with Crippen LogP contribution in [0.3, 0.4) is 0 Å². The Labute approximate surface area is 160 Å². The second-order valence-electron chi connectivity index (χ2n) is 5.97. The zero-order chi connectivity index (χ0) is 19.9. The van der Waals surface area contributed by atoms with Crippen LogP contribution >= 0.6 is 0 Å². The van der Waals surface area contributed by atoms with E-state index >= 15 is 0 Å². The van der Waals surface area contributed by atoms with Gasteiger partial charge in [0.1, 0.15) is 11.5 Å². The van der Waals surface area contributed by atoms with Crippen molar-refractivity contribution in [2.75, 3.05) is 38.9 Å². The Balaban J connectivity index is 1.99. The Morgan fingerprint density at radius 1 is 1.04 bits per heavy atom. The number of nitrogens with zero attached hydrogens (tertiary/aromatic N) is 1. The minimum Gasteiger partial charge on any atom is -0.497 e. The number of carbonyl (C=O) groups is 1. The fraction of sp³-hybridized carbons (Fsp3) is 0.316. The van der Waals surface area contributed by atoms with Gasteiger partial charge in [0.05, 0.1) is 27.0 Å². The van der Waals surface area contributed by atoms with E-state index in [-0.39, 0.29) is 13.1 Å². The first-order chi connectivity index (χ1) is 12.8. The van der Waals surface area contributed by atoms with E-state index in [9.17, 15) is 13.2 Å². The van der Waals surface area contributed by atoms with Crippen LogP contribution in [-0.4, -0.2) is 52.2 Å². The van der Waals surface area contributed by atoms with Gasteiger partial charge in [0.25, 0.3) is 0 Å². The highest BCUT2D eigenvalue weighted by Gasteiger charge is 2.20.